The number of rotatable bonds is 6. The van der Waals surface area contributed by atoms with Crippen LogP contribution in [0.1, 0.15) is 25.1 Å². The molecule has 0 spiro atoms. The molecule has 2 bridgehead atoms. The van der Waals surface area contributed by atoms with E-state index in [0.29, 0.717) is 29.1 Å². The second kappa shape index (κ2) is 9.94. The van der Waals surface area contributed by atoms with E-state index >= 15 is 0 Å². The number of hydrogen-bond donors (Lipinski definition) is 3. The molecule has 3 N–H and O–H groups in total. The van der Waals surface area contributed by atoms with Gasteiger partial charge in [0.2, 0.25) is 5.91 Å². The molecule has 3 amide bonds. The number of aliphatic hydroxyl groups is 1. The van der Waals surface area contributed by atoms with Gasteiger partial charge in [0.05, 0.1) is 18.0 Å². The van der Waals surface area contributed by atoms with E-state index in [1.165, 1.54) is 0 Å². The molecule has 5 rings (SSSR count). The van der Waals surface area contributed by atoms with Crippen molar-refractivity contribution in [3.63, 3.8) is 0 Å². The predicted octanol–water partition coefficient (Wildman–Crippen LogP) is 2.63. The summed E-state index contributed by atoms with van der Waals surface area (Å²) in [5, 5.41) is 16.3. The lowest BCUT2D eigenvalue weighted by Crippen LogP contribution is -2.50. The Hall–Kier alpha value is -3.98. The summed E-state index contributed by atoms with van der Waals surface area (Å²) in [5.74, 6) is -1.43. The van der Waals surface area contributed by atoms with Crippen LogP contribution in [0.15, 0.2) is 71.8 Å². The van der Waals surface area contributed by atoms with Crippen LogP contribution < -0.4 is 16.2 Å². The highest BCUT2D eigenvalue weighted by molar-refractivity contribution is 5.91. The quantitative estimate of drug-likeness (QED) is 0.494. The Labute approximate surface area is 208 Å². The predicted molar refractivity (Wildman–Crippen MR) is 135 cm³/mol. The number of carbonyl (C=O) groups is 2. The summed E-state index contributed by atoms with van der Waals surface area (Å²) in [5.41, 5.74) is 2.21. The fraction of sp³-hybridized carbons (Fsp3) is 0.333. The molecule has 1 fully saturated rings. The monoisotopic (exact) mass is 487 g/mol. The fourth-order valence-electron chi connectivity index (χ4n) is 5.50. The van der Waals surface area contributed by atoms with E-state index in [1.54, 1.807) is 46.1 Å². The minimum absolute atomic E-state index is 0.184. The third-order valence-corrected chi connectivity index (χ3v) is 7.13. The molecule has 0 saturated carbocycles. The number of anilines is 1. The first-order valence-electron chi connectivity index (χ1n) is 12.2. The summed E-state index contributed by atoms with van der Waals surface area (Å²) < 4.78 is 1.65. The van der Waals surface area contributed by atoms with E-state index in [2.05, 4.69) is 15.6 Å². The van der Waals surface area contributed by atoms with E-state index in [9.17, 15) is 19.5 Å². The summed E-state index contributed by atoms with van der Waals surface area (Å²) in [4.78, 5) is 46.3. The van der Waals surface area contributed by atoms with Crippen molar-refractivity contribution < 1.29 is 14.7 Å². The van der Waals surface area contributed by atoms with Crippen molar-refractivity contribution in [3.8, 4) is 11.1 Å². The fourth-order valence-corrected chi connectivity index (χ4v) is 5.50. The van der Waals surface area contributed by atoms with Crippen molar-refractivity contribution in [1.29, 1.82) is 0 Å². The topological polar surface area (TPSA) is 117 Å². The van der Waals surface area contributed by atoms with Gasteiger partial charge in [0.15, 0.2) is 0 Å². The third-order valence-electron chi connectivity index (χ3n) is 7.13. The number of nitrogens with zero attached hydrogens (tertiary/aromatic N) is 3. The maximum absolute atomic E-state index is 13.6. The lowest BCUT2D eigenvalue weighted by molar-refractivity contribution is -0.127. The van der Waals surface area contributed by atoms with Gasteiger partial charge in [0.25, 0.3) is 5.56 Å². The molecule has 3 aromatic rings. The lowest BCUT2D eigenvalue weighted by atomic mass is 9.86. The Kier molecular flexibility index (Phi) is 6.56. The molecule has 4 heterocycles. The second-order valence-corrected chi connectivity index (χ2v) is 9.21. The first kappa shape index (κ1) is 23.7. The molecular formula is C27H29N5O4. The first-order valence-corrected chi connectivity index (χ1v) is 12.2. The number of pyridine rings is 2. The number of nitrogens with one attached hydrogen (secondary N) is 2. The zero-order valence-electron chi connectivity index (χ0n) is 20.0. The van der Waals surface area contributed by atoms with Crippen LogP contribution in [0.4, 0.5) is 10.5 Å². The number of para-hydroxylation sites is 1. The maximum Gasteiger partial charge on any atom is 0.322 e. The number of aliphatic hydroxyl groups excluding tert-OH is 1. The molecule has 2 aliphatic rings. The Morgan fingerprint density at radius 1 is 1.11 bits per heavy atom. The SMILES string of the molecule is CCCNC(=O)[C@@H]1[C@@H](CO)[C@@H]2Cn3c(ccc(-c4cccnc4)c3=O)[C@H]1N2C(=O)Nc1ccccc1. The number of amides is 3. The molecule has 4 atom stereocenters. The van der Waals surface area contributed by atoms with E-state index in [0.717, 1.165) is 6.42 Å². The average molecular weight is 488 g/mol. The van der Waals surface area contributed by atoms with Crippen molar-refractivity contribution in [2.75, 3.05) is 18.5 Å². The summed E-state index contributed by atoms with van der Waals surface area (Å²) >= 11 is 0. The van der Waals surface area contributed by atoms with Gasteiger partial charge in [-0.15, -0.1) is 0 Å². The lowest BCUT2D eigenvalue weighted by Gasteiger charge is -2.38. The summed E-state index contributed by atoms with van der Waals surface area (Å²) in [6.45, 7) is 2.36. The number of benzene rings is 1. The molecule has 0 radical (unpaired) electrons. The standard InChI is InChI=1S/C27H29N5O4/c1-2-12-29-25(34)23-20(16-33)22-15-31-21(11-10-19(26(31)35)17-7-6-13-28-14-17)24(23)32(22)27(36)30-18-8-4-3-5-9-18/h3-11,13-14,20,22-24,33H,2,12,15-16H2,1H3,(H,29,34)(H,30,36)/t20-,22-,23+,24+/m0/s1. The largest absolute Gasteiger partial charge is 0.396 e. The van der Waals surface area contributed by atoms with Crippen LogP contribution in [0.3, 0.4) is 0 Å². The van der Waals surface area contributed by atoms with Gasteiger partial charge in [-0.05, 0) is 36.8 Å². The number of aromatic nitrogens is 2. The van der Waals surface area contributed by atoms with Gasteiger partial charge >= 0.3 is 6.03 Å². The van der Waals surface area contributed by atoms with Gasteiger partial charge in [-0.25, -0.2) is 4.79 Å². The second-order valence-electron chi connectivity index (χ2n) is 9.21. The Morgan fingerprint density at radius 3 is 2.61 bits per heavy atom. The van der Waals surface area contributed by atoms with Crippen LogP contribution in [0.5, 0.6) is 0 Å². The van der Waals surface area contributed by atoms with Crippen molar-refractivity contribution in [1.82, 2.24) is 19.8 Å². The third kappa shape index (κ3) is 4.05. The van der Waals surface area contributed by atoms with E-state index in [1.807, 2.05) is 37.3 Å². The highest BCUT2D eigenvalue weighted by Gasteiger charge is 2.57. The highest BCUT2D eigenvalue weighted by Crippen LogP contribution is 2.48. The van der Waals surface area contributed by atoms with E-state index in [4.69, 9.17) is 0 Å². The molecule has 9 heteroatoms. The molecular weight excluding hydrogens is 458 g/mol. The van der Waals surface area contributed by atoms with Gasteiger partial charge in [-0.2, -0.15) is 0 Å². The van der Waals surface area contributed by atoms with Crippen LogP contribution in [0, 0.1) is 11.8 Å². The normalized spacial score (nSPS) is 22.1. The van der Waals surface area contributed by atoms with E-state index in [-0.39, 0.29) is 30.6 Å². The molecule has 0 aliphatic carbocycles. The molecule has 36 heavy (non-hydrogen) atoms. The smallest absolute Gasteiger partial charge is 0.322 e. The average Bonchev–Trinajstić information content (AvgIpc) is 3.15. The van der Waals surface area contributed by atoms with Gasteiger partial charge < -0.3 is 25.2 Å². The molecule has 2 aliphatic heterocycles. The molecule has 9 nitrogen and oxygen atoms in total. The van der Waals surface area contributed by atoms with Gasteiger partial charge in [-0.1, -0.05) is 31.2 Å². The Bertz CT molecular complexity index is 1310. The number of urea groups is 1. The van der Waals surface area contributed by atoms with Crippen molar-refractivity contribution >= 4 is 17.6 Å². The maximum atomic E-state index is 13.6. The Balaban J connectivity index is 1.60. The Morgan fingerprint density at radius 2 is 1.92 bits per heavy atom. The van der Waals surface area contributed by atoms with Crippen molar-refractivity contribution in [2.24, 2.45) is 11.8 Å². The molecule has 2 aromatic heterocycles. The molecule has 1 saturated heterocycles. The van der Waals surface area contributed by atoms with Crippen molar-refractivity contribution in [3.05, 3.63) is 83.0 Å². The van der Waals surface area contributed by atoms with E-state index < -0.39 is 23.9 Å². The summed E-state index contributed by atoms with van der Waals surface area (Å²) in [7, 11) is 0. The minimum atomic E-state index is -0.697. The minimum Gasteiger partial charge on any atom is -0.396 e. The number of hydrogen-bond acceptors (Lipinski definition) is 5. The molecule has 186 valence electrons. The molecule has 0 unspecified atom stereocenters. The van der Waals surface area contributed by atoms with Crippen LogP contribution in [0.2, 0.25) is 0 Å². The van der Waals surface area contributed by atoms with Crippen LogP contribution in [-0.2, 0) is 11.3 Å². The first-order chi connectivity index (χ1) is 17.5. The van der Waals surface area contributed by atoms with Crippen LogP contribution in [-0.4, -0.2) is 50.7 Å². The van der Waals surface area contributed by atoms with Gasteiger partial charge in [0, 0.05) is 60.5 Å². The summed E-state index contributed by atoms with van der Waals surface area (Å²) in [6, 6.07) is 14.6. The summed E-state index contributed by atoms with van der Waals surface area (Å²) in [6.07, 6.45) is 4.05. The van der Waals surface area contributed by atoms with Gasteiger partial charge in [-0.3, -0.25) is 14.6 Å². The zero-order valence-corrected chi connectivity index (χ0v) is 20.0. The number of carbonyl (C=O) groups excluding carboxylic acids is 2. The zero-order chi connectivity index (χ0) is 25.2. The highest BCUT2D eigenvalue weighted by atomic mass is 16.3. The number of fused-ring (bicyclic) bond motifs is 4. The molecule has 1 aromatic carbocycles. The van der Waals surface area contributed by atoms with Crippen LogP contribution in [0.25, 0.3) is 11.1 Å². The van der Waals surface area contributed by atoms with Crippen LogP contribution >= 0.6 is 0 Å². The van der Waals surface area contributed by atoms with Crippen molar-refractivity contribution in [2.45, 2.75) is 32.0 Å². The van der Waals surface area contributed by atoms with Gasteiger partial charge in [0.1, 0.15) is 0 Å².